The normalized spacial score (nSPS) is 12.4. The van der Waals surface area contributed by atoms with E-state index in [4.69, 9.17) is 15.2 Å². The van der Waals surface area contributed by atoms with Gasteiger partial charge in [0.25, 0.3) is 0 Å². The zero-order valence-electron chi connectivity index (χ0n) is 13.1. The van der Waals surface area contributed by atoms with Gasteiger partial charge in [0.05, 0.1) is 23.6 Å². The Morgan fingerprint density at radius 3 is 2.59 bits per heavy atom. The number of methoxy groups -OCH3 is 1. The van der Waals surface area contributed by atoms with Crippen molar-refractivity contribution in [3.8, 4) is 5.75 Å². The summed E-state index contributed by atoms with van der Waals surface area (Å²) in [4.78, 5) is 22.2. The van der Waals surface area contributed by atoms with E-state index in [1.54, 1.807) is 26.8 Å². The number of para-hydroxylation sites is 1. The molecule has 1 rings (SSSR count). The van der Waals surface area contributed by atoms with Gasteiger partial charge in [-0.25, -0.2) is 4.79 Å². The average Bonchev–Trinajstić information content (AvgIpc) is 2.41. The Hall–Kier alpha value is -2.35. The Balaban J connectivity index is 2.84. The second-order valence-electron chi connectivity index (χ2n) is 5.64. The molecule has 22 heavy (non-hydrogen) atoms. The van der Waals surface area contributed by atoms with E-state index in [2.05, 4.69) is 5.32 Å². The van der Waals surface area contributed by atoms with Gasteiger partial charge in [0.1, 0.15) is 5.60 Å². The maximum absolute atomic E-state index is 11.6. The Morgan fingerprint density at radius 2 is 2.09 bits per heavy atom. The summed E-state index contributed by atoms with van der Waals surface area (Å²) in [6, 6.07) is 3.86. The summed E-state index contributed by atoms with van der Waals surface area (Å²) >= 11 is 0. The molecule has 0 heterocycles. The number of nitrogens with zero attached hydrogens (tertiary/aromatic N) is 1. The number of rotatable bonds is 5. The van der Waals surface area contributed by atoms with Crippen LogP contribution in [-0.2, 0) is 4.74 Å². The van der Waals surface area contributed by atoms with Crippen LogP contribution >= 0.6 is 0 Å². The van der Waals surface area contributed by atoms with E-state index in [-0.39, 0.29) is 23.5 Å². The fourth-order valence-electron chi connectivity index (χ4n) is 1.82. The lowest BCUT2D eigenvalue weighted by atomic mass is 10.0. The van der Waals surface area contributed by atoms with Crippen LogP contribution in [0.25, 0.3) is 0 Å². The number of hydrogen-bond donors (Lipinski definition) is 2. The van der Waals surface area contributed by atoms with Gasteiger partial charge in [0.2, 0.25) is 0 Å². The predicted octanol–water partition coefficient (Wildman–Crippen LogP) is 2.13. The van der Waals surface area contributed by atoms with Crippen LogP contribution in [0.2, 0.25) is 0 Å². The molecule has 0 saturated heterocycles. The molecule has 3 N–H and O–H groups in total. The number of carbonyl (C=O) groups excluding carboxylic acids is 1. The van der Waals surface area contributed by atoms with Gasteiger partial charge in [-0.2, -0.15) is 0 Å². The van der Waals surface area contributed by atoms with E-state index in [9.17, 15) is 14.9 Å². The fourth-order valence-corrected chi connectivity index (χ4v) is 1.82. The van der Waals surface area contributed by atoms with Gasteiger partial charge in [0, 0.05) is 6.54 Å². The monoisotopic (exact) mass is 311 g/mol. The molecule has 0 bridgehead atoms. The molecule has 0 aliphatic rings. The standard InChI is InChI=1S/C14H21N3O5/c1-14(2,3)22-13(18)16-8-10(15)9-6-5-7-11(21-4)12(9)17(19)20/h5-7,10H,8,15H2,1-4H3,(H,16,18). The van der Waals surface area contributed by atoms with Gasteiger partial charge in [0.15, 0.2) is 5.75 Å². The van der Waals surface area contributed by atoms with Gasteiger partial charge in [-0.1, -0.05) is 12.1 Å². The van der Waals surface area contributed by atoms with E-state index in [1.807, 2.05) is 0 Å². The molecule has 1 aromatic rings. The maximum Gasteiger partial charge on any atom is 0.407 e. The number of benzene rings is 1. The van der Waals surface area contributed by atoms with Gasteiger partial charge in [-0.15, -0.1) is 0 Å². The smallest absolute Gasteiger partial charge is 0.407 e. The lowest BCUT2D eigenvalue weighted by Crippen LogP contribution is -2.36. The highest BCUT2D eigenvalue weighted by atomic mass is 16.6. The molecule has 122 valence electrons. The highest BCUT2D eigenvalue weighted by molar-refractivity contribution is 5.67. The van der Waals surface area contributed by atoms with Crippen molar-refractivity contribution in [1.82, 2.24) is 5.32 Å². The maximum atomic E-state index is 11.6. The van der Waals surface area contributed by atoms with E-state index in [1.165, 1.54) is 19.2 Å². The lowest BCUT2D eigenvalue weighted by molar-refractivity contribution is -0.386. The molecule has 0 radical (unpaired) electrons. The van der Waals surface area contributed by atoms with Crippen molar-refractivity contribution in [3.63, 3.8) is 0 Å². The molecule has 0 saturated carbocycles. The molecule has 1 atom stereocenters. The number of nitro groups is 1. The van der Waals surface area contributed by atoms with Crippen LogP contribution in [0.5, 0.6) is 5.75 Å². The molecule has 0 aliphatic carbocycles. The van der Waals surface area contributed by atoms with Crippen LogP contribution < -0.4 is 15.8 Å². The Bertz CT molecular complexity index is 554. The topological polar surface area (TPSA) is 117 Å². The summed E-state index contributed by atoms with van der Waals surface area (Å²) < 4.78 is 10.1. The van der Waals surface area contributed by atoms with Gasteiger partial charge in [-0.3, -0.25) is 10.1 Å². The Morgan fingerprint density at radius 1 is 1.45 bits per heavy atom. The number of nitrogens with two attached hydrogens (primary N) is 1. The highest BCUT2D eigenvalue weighted by Gasteiger charge is 2.25. The van der Waals surface area contributed by atoms with Gasteiger partial charge in [-0.05, 0) is 26.8 Å². The Labute approximate surface area is 128 Å². The van der Waals surface area contributed by atoms with Crippen molar-refractivity contribution in [2.45, 2.75) is 32.4 Å². The van der Waals surface area contributed by atoms with Crippen LogP contribution in [0.3, 0.4) is 0 Å². The van der Waals surface area contributed by atoms with E-state index < -0.39 is 22.7 Å². The van der Waals surface area contributed by atoms with Gasteiger partial charge >= 0.3 is 11.8 Å². The third-order valence-electron chi connectivity index (χ3n) is 2.70. The minimum atomic E-state index is -0.761. The molecule has 0 aliphatic heterocycles. The number of hydrogen-bond acceptors (Lipinski definition) is 6. The van der Waals surface area contributed by atoms with E-state index >= 15 is 0 Å². The number of alkyl carbamates (subject to hydrolysis) is 1. The van der Waals surface area contributed by atoms with Crippen molar-refractivity contribution < 1.29 is 19.2 Å². The molecule has 1 amide bonds. The van der Waals surface area contributed by atoms with Crippen LogP contribution in [0.4, 0.5) is 10.5 Å². The first-order valence-corrected chi connectivity index (χ1v) is 6.69. The molecule has 1 unspecified atom stereocenters. The summed E-state index contributed by atoms with van der Waals surface area (Å²) in [5.74, 6) is 0.121. The zero-order valence-corrected chi connectivity index (χ0v) is 13.1. The number of nitrogens with one attached hydrogen (secondary N) is 1. The minimum absolute atomic E-state index is 0.00290. The van der Waals surface area contributed by atoms with E-state index in [0.717, 1.165) is 0 Å². The van der Waals surface area contributed by atoms with Crippen LogP contribution in [0.15, 0.2) is 18.2 Å². The first kappa shape index (κ1) is 17.7. The molecule has 8 nitrogen and oxygen atoms in total. The van der Waals surface area contributed by atoms with Crippen molar-refractivity contribution in [2.24, 2.45) is 5.73 Å². The van der Waals surface area contributed by atoms with Crippen LogP contribution in [-0.4, -0.2) is 30.3 Å². The zero-order chi connectivity index (χ0) is 16.9. The minimum Gasteiger partial charge on any atom is -0.490 e. The fraction of sp³-hybridized carbons (Fsp3) is 0.500. The highest BCUT2D eigenvalue weighted by Crippen LogP contribution is 2.33. The molecule has 1 aromatic carbocycles. The first-order chi connectivity index (χ1) is 10.2. The van der Waals surface area contributed by atoms with Crippen molar-refractivity contribution in [1.29, 1.82) is 0 Å². The van der Waals surface area contributed by atoms with Gasteiger partial charge < -0.3 is 20.5 Å². The van der Waals surface area contributed by atoms with Crippen LogP contribution in [0.1, 0.15) is 32.4 Å². The number of ether oxygens (including phenoxy) is 2. The summed E-state index contributed by atoms with van der Waals surface area (Å²) in [7, 11) is 1.34. The largest absolute Gasteiger partial charge is 0.490 e. The summed E-state index contributed by atoms with van der Waals surface area (Å²) in [5.41, 5.74) is 5.38. The average molecular weight is 311 g/mol. The second kappa shape index (κ2) is 7.08. The lowest BCUT2D eigenvalue weighted by Gasteiger charge is -2.21. The first-order valence-electron chi connectivity index (χ1n) is 6.69. The Kier molecular flexibility index (Phi) is 5.69. The number of amides is 1. The molecule has 0 fully saturated rings. The second-order valence-corrected chi connectivity index (χ2v) is 5.64. The molecular weight excluding hydrogens is 290 g/mol. The van der Waals surface area contributed by atoms with E-state index in [0.29, 0.717) is 0 Å². The third kappa shape index (κ3) is 4.88. The number of nitro benzene ring substituents is 1. The quantitative estimate of drug-likeness (QED) is 0.635. The third-order valence-corrected chi connectivity index (χ3v) is 2.70. The molecule has 0 aromatic heterocycles. The van der Waals surface area contributed by atoms with Crippen molar-refractivity contribution in [2.75, 3.05) is 13.7 Å². The molecule has 8 heteroatoms. The summed E-state index contributed by atoms with van der Waals surface area (Å²) in [6.45, 7) is 5.21. The molecular formula is C14H21N3O5. The predicted molar refractivity (Wildman–Crippen MR) is 80.8 cm³/mol. The summed E-state index contributed by atoms with van der Waals surface area (Å²) in [5, 5.41) is 13.7. The SMILES string of the molecule is COc1cccc(C(N)CNC(=O)OC(C)(C)C)c1[N+](=O)[O-]. The molecule has 0 spiro atoms. The van der Waals surface area contributed by atoms with Crippen molar-refractivity contribution >= 4 is 11.8 Å². The van der Waals surface area contributed by atoms with Crippen molar-refractivity contribution in [3.05, 3.63) is 33.9 Å². The number of carbonyl (C=O) groups is 1. The van der Waals surface area contributed by atoms with Crippen LogP contribution in [0, 0.1) is 10.1 Å². The summed E-state index contributed by atoms with van der Waals surface area (Å²) in [6.07, 6.45) is -0.631.